The van der Waals surface area contributed by atoms with Crippen molar-refractivity contribution in [1.29, 1.82) is 0 Å². The zero-order valence-corrected chi connectivity index (χ0v) is 12.2. The van der Waals surface area contributed by atoms with Crippen molar-refractivity contribution in [2.45, 2.75) is 26.1 Å². The average molecular weight is 321 g/mol. The summed E-state index contributed by atoms with van der Waals surface area (Å²) in [5.41, 5.74) is -0.163. The predicted molar refractivity (Wildman–Crippen MR) is 75.3 cm³/mol. The summed E-state index contributed by atoms with van der Waals surface area (Å²) in [4.78, 5) is 4.30. The molecule has 0 aliphatic rings. The number of alkyl halides is 3. The Morgan fingerprint density at radius 1 is 1.35 bits per heavy atom. The lowest BCUT2D eigenvalue weighted by Crippen LogP contribution is -2.11. The van der Waals surface area contributed by atoms with E-state index < -0.39 is 11.7 Å². The van der Waals surface area contributed by atoms with Gasteiger partial charge in [-0.15, -0.1) is 11.3 Å². The first-order valence-corrected chi connectivity index (χ1v) is 7.20. The molecule has 1 aromatic carbocycles. The van der Waals surface area contributed by atoms with Crippen LogP contribution < -0.4 is 5.32 Å². The van der Waals surface area contributed by atoms with Gasteiger partial charge in [0.25, 0.3) is 0 Å². The monoisotopic (exact) mass is 320 g/mol. The molecule has 2 aromatic rings. The second-order valence-corrected chi connectivity index (χ2v) is 5.45. The number of nitrogens with zero attached hydrogens (tertiary/aromatic N) is 1. The molecule has 0 unspecified atom stereocenters. The average Bonchev–Trinajstić information content (AvgIpc) is 2.84. The van der Waals surface area contributed by atoms with Crippen molar-refractivity contribution >= 4 is 28.6 Å². The van der Waals surface area contributed by atoms with E-state index in [0.29, 0.717) is 5.69 Å². The van der Waals surface area contributed by atoms with E-state index in [9.17, 15) is 13.2 Å². The van der Waals surface area contributed by atoms with E-state index in [1.54, 1.807) is 0 Å². The molecule has 0 amide bonds. The van der Waals surface area contributed by atoms with Gasteiger partial charge in [-0.2, -0.15) is 13.2 Å². The highest BCUT2D eigenvalue weighted by Crippen LogP contribution is 2.38. The zero-order chi connectivity index (χ0) is 14.8. The van der Waals surface area contributed by atoms with Crippen LogP contribution in [0.15, 0.2) is 23.6 Å². The Labute approximate surface area is 123 Å². The Hall–Kier alpha value is -1.27. The lowest BCUT2D eigenvalue weighted by atomic mass is 10.1. The maximum atomic E-state index is 12.9. The maximum Gasteiger partial charge on any atom is 0.418 e. The number of nitrogens with one attached hydrogen (secondary N) is 1. The first kappa shape index (κ1) is 15.1. The molecule has 0 bridgehead atoms. The summed E-state index contributed by atoms with van der Waals surface area (Å²) in [6.45, 7) is 2.19. The Kier molecular flexibility index (Phi) is 4.55. The molecule has 0 atom stereocenters. The van der Waals surface area contributed by atoms with Crippen LogP contribution in [0.2, 0.25) is 5.02 Å². The lowest BCUT2D eigenvalue weighted by Gasteiger charge is -2.15. The Morgan fingerprint density at radius 3 is 2.70 bits per heavy atom. The van der Waals surface area contributed by atoms with Crippen molar-refractivity contribution in [3.05, 3.63) is 44.9 Å². The largest absolute Gasteiger partial charge is 0.418 e. The number of aromatic nitrogens is 1. The number of hydrogen-bond acceptors (Lipinski definition) is 3. The minimum Gasteiger partial charge on any atom is -0.378 e. The third kappa shape index (κ3) is 3.43. The molecule has 108 valence electrons. The Balaban J connectivity index is 2.20. The fourth-order valence-electron chi connectivity index (χ4n) is 1.71. The van der Waals surface area contributed by atoms with Crippen LogP contribution in [0.5, 0.6) is 0 Å². The maximum absolute atomic E-state index is 12.9. The Morgan fingerprint density at radius 2 is 2.10 bits per heavy atom. The summed E-state index contributed by atoms with van der Waals surface area (Å²) >= 11 is 7.35. The highest BCUT2D eigenvalue weighted by molar-refractivity contribution is 7.09. The molecule has 2 nitrogen and oxygen atoms in total. The van der Waals surface area contributed by atoms with E-state index in [-0.39, 0.29) is 17.3 Å². The van der Waals surface area contributed by atoms with Crippen LogP contribution in [0.4, 0.5) is 18.9 Å². The van der Waals surface area contributed by atoms with Gasteiger partial charge in [0, 0.05) is 5.38 Å². The summed E-state index contributed by atoms with van der Waals surface area (Å²) in [5, 5.41) is 5.57. The fraction of sp³-hybridized carbons (Fsp3) is 0.308. The molecule has 0 fully saturated rings. The van der Waals surface area contributed by atoms with Gasteiger partial charge in [-0.25, -0.2) is 4.98 Å². The van der Waals surface area contributed by atoms with Gasteiger partial charge in [-0.3, -0.25) is 0 Å². The second-order valence-electron chi connectivity index (χ2n) is 4.10. The summed E-state index contributed by atoms with van der Waals surface area (Å²) in [6, 6.07) is 3.72. The number of rotatable bonds is 4. The van der Waals surface area contributed by atoms with Gasteiger partial charge in [0.15, 0.2) is 0 Å². The Bertz CT molecular complexity index is 596. The first-order chi connectivity index (χ1) is 9.41. The smallest absolute Gasteiger partial charge is 0.378 e. The fourth-order valence-corrected chi connectivity index (χ4v) is 2.70. The molecule has 0 aliphatic carbocycles. The van der Waals surface area contributed by atoms with Gasteiger partial charge in [-0.1, -0.05) is 24.6 Å². The van der Waals surface area contributed by atoms with Crippen molar-refractivity contribution in [3.8, 4) is 0 Å². The van der Waals surface area contributed by atoms with E-state index in [0.717, 1.165) is 17.5 Å². The molecule has 1 heterocycles. The van der Waals surface area contributed by atoms with Crippen LogP contribution in [0.25, 0.3) is 0 Å². The predicted octanol–water partition coefficient (Wildman–Crippen LogP) is 4.99. The van der Waals surface area contributed by atoms with Crippen LogP contribution in [-0.2, 0) is 19.1 Å². The van der Waals surface area contributed by atoms with Gasteiger partial charge in [0.05, 0.1) is 33.5 Å². The van der Waals surface area contributed by atoms with Gasteiger partial charge < -0.3 is 5.32 Å². The van der Waals surface area contributed by atoms with Crippen LogP contribution in [-0.4, -0.2) is 4.98 Å². The molecule has 1 aromatic heterocycles. The topological polar surface area (TPSA) is 24.9 Å². The number of benzene rings is 1. The molecule has 0 aliphatic heterocycles. The zero-order valence-electron chi connectivity index (χ0n) is 10.6. The molecule has 0 radical (unpaired) electrons. The summed E-state index contributed by atoms with van der Waals surface area (Å²) in [7, 11) is 0. The van der Waals surface area contributed by atoms with Crippen LogP contribution in [0.1, 0.15) is 23.2 Å². The van der Waals surface area contributed by atoms with Crippen LogP contribution >= 0.6 is 22.9 Å². The van der Waals surface area contributed by atoms with Gasteiger partial charge in [-0.05, 0) is 18.6 Å². The van der Waals surface area contributed by atoms with Crippen LogP contribution in [0.3, 0.4) is 0 Å². The quantitative estimate of drug-likeness (QED) is 0.858. The minimum absolute atomic E-state index is 0.0470. The third-order valence-electron chi connectivity index (χ3n) is 2.67. The molecule has 0 saturated heterocycles. The van der Waals surface area contributed by atoms with Crippen molar-refractivity contribution < 1.29 is 13.2 Å². The molecule has 2 rings (SSSR count). The van der Waals surface area contributed by atoms with Crippen molar-refractivity contribution in [3.63, 3.8) is 0 Å². The molecular weight excluding hydrogens is 309 g/mol. The van der Waals surface area contributed by atoms with E-state index in [1.165, 1.54) is 23.5 Å². The normalized spacial score (nSPS) is 11.7. The standard InChI is InChI=1S/C13H12ClF3N2S/c1-2-11-19-8(7-20-11)6-18-12-9(13(15,16)17)4-3-5-10(12)14/h3-5,7,18H,2,6H2,1H3. The SMILES string of the molecule is CCc1nc(CNc2c(Cl)cccc2C(F)(F)F)cs1. The van der Waals surface area contributed by atoms with Crippen LogP contribution in [0, 0.1) is 0 Å². The van der Waals surface area contributed by atoms with Crippen molar-refractivity contribution in [2.24, 2.45) is 0 Å². The summed E-state index contributed by atoms with van der Waals surface area (Å²) < 4.78 is 38.7. The number of anilines is 1. The first-order valence-electron chi connectivity index (χ1n) is 5.94. The highest BCUT2D eigenvalue weighted by Gasteiger charge is 2.34. The van der Waals surface area contributed by atoms with Crippen molar-refractivity contribution in [2.75, 3.05) is 5.32 Å². The number of halogens is 4. The van der Waals surface area contributed by atoms with E-state index in [2.05, 4.69) is 10.3 Å². The molecule has 1 N–H and O–H groups in total. The second kappa shape index (κ2) is 6.01. The number of para-hydroxylation sites is 1. The highest BCUT2D eigenvalue weighted by atomic mass is 35.5. The molecule has 7 heteroatoms. The third-order valence-corrected chi connectivity index (χ3v) is 4.02. The van der Waals surface area contributed by atoms with Gasteiger partial charge in [0.1, 0.15) is 0 Å². The van der Waals surface area contributed by atoms with Crippen molar-refractivity contribution in [1.82, 2.24) is 4.98 Å². The minimum atomic E-state index is -4.44. The molecular formula is C13H12ClF3N2S. The summed E-state index contributed by atoms with van der Waals surface area (Å²) in [6.07, 6.45) is -3.63. The lowest BCUT2D eigenvalue weighted by molar-refractivity contribution is -0.136. The number of thiazole rings is 1. The van der Waals surface area contributed by atoms with E-state index in [4.69, 9.17) is 11.6 Å². The number of hydrogen-bond donors (Lipinski definition) is 1. The van der Waals surface area contributed by atoms with E-state index in [1.807, 2.05) is 12.3 Å². The summed E-state index contributed by atoms with van der Waals surface area (Å²) in [5.74, 6) is 0. The molecule has 20 heavy (non-hydrogen) atoms. The molecule has 0 spiro atoms. The molecule has 0 saturated carbocycles. The van der Waals surface area contributed by atoms with E-state index >= 15 is 0 Å². The van der Waals surface area contributed by atoms with Gasteiger partial charge in [0.2, 0.25) is 0 Å². The number of aryl methyl sites for hydroxylation is 1. The van der Waals surface area contributed by atoms with Gasteiger partial charge >= 0.3 is 6.18 Å².